The van der Waals surface area contributed by atoms with Crippen LogP contribution in [0.5, 0.6) is 5.75 Å². The van der Waals surface area contributed by atoms with Crippen LogP contribution in [0.15, 0.2) is 18.2 Å². The van der Waals surface area contributed by atoms with Crippen molar-refractivity contribution in [2.24, 2.45) is 0 Å². The molecule has 1 heterocycles. The normalized spacial score (nSPS) is 21.1. The number of aryl methyl sites for hydroxylation is 1. The van der Waals surface area contributed by atoms with Crippen LogP contribution in [-0.2, 0) is 0 Å². The zero-order valence-corrected chi connectivity index (χ0v) is 8.22. The molecule has 0 amide bonds. The van der Waals surface area contributed by atoms with Crippen LogP contribution < -0.4 is 10.1 Å². The van der Waals surface area contributed by atoms with Crippen LogP contribution in [0.1, 0.15) is 12.0 Å². The summed E-state index contributed by atoms with van der Waals surface area (Å²) in [5, 5.41) is 3.18. The molecule has 2 rings (SSSR count). The van der Waals surface area contributed by atoms with Gasteiger partial charge in [-0.25, -0.2) is 4.39 Å². The molecule has 0 aromatic heterocycles. The predicted molar refractivity (Wildman–Crippen MR) is 53.0 cm³/mol. The maximum Gasteiger partial charge on any atom is 0.165 e. The Labute approximate surface area is 83.1 Å². The van der Waals surface area contributed by atoms with Crippen LogP contribution in [0.2, 0.25) is 0 Å². The first-order chi connectivity index (χ1) is 6.75. The smallest absolute Gasteiger partial charge is 0.165 e. The van der Waals surface area contributed by atoms with Crippen LogP contribution in [0.4, 0.5) is 4.39 Å². The molecule has 3 heteroatoms. The Morgan fingerprint density at radius 3 is 3.00 bits per heavy atom. The van der Waals surface area contributed by atoms with E-state index in [9.17, 15) is 4.39 Å². The van der Waals surface area contributed by atoms with Gasteiger partial charge in [-0.15, -0.1) is 0 Å². The van der Waals surface area contributed by atoms with Crippen LogP contribution in [0.3, 0.4) is 0 Å². The van der Waals surface area contributed by atoms with E-state index >= 15 is 0 Å². The van der Waals surface area contributed by atoms with Gasteiger partial charge in [0.15, 0.2) is 11.6 Å². The summed E-state index contributed by atoms with van der Waals surface area (Å²) in [5.74, 6) is 0.0983. The minimum atomic E-state index is -0.267. The van der Waals surface area contributed by atoms with Gasteiger partial charge in [0.1, 0.15) is 6.10 Å². The third-order valence-electron chi connectivity index (χ3n) is 2.40. The third-order valence-corrected chi connectivity index (χ3v) is 2.40. The molecule has 1 unspecified atom stereocenters. The Balaban J connectivity index is 2.08. The van der Waals surface area contributed by atoms with E-state index in [0.717, 1.165) is 25.1 Å². The number of rotatable bonds is 2. The molecule has 76 valence electrons. The van der Waals surface area contributed by atoms with Gasteiger partial charge >= 0.3 is 0 Å². The van der Waals surface area contributed by atoms with Crippen molar-refractivity contribution in [3.05, 3.63) is 29.6 Å². The fourth-order valence-corrected chi connectivity index (χ4v) is 1.61. The van der Waals surface area contributed by atoms with Gasteiger partial charge in [0.25, 0.3) is 0 Å². The lowest BCUT2D eigenvalue weighted by molar-refractivity contribution is 0.213. The van der Waals surface area contributed by atoms with Gasteiger partial charge in [-0.2, -0.15) is 0 Å². The van der Waals surface area contributed by atoms with E-state index < -0.39 is 0 Å². The van der Waals surface area contributed by atoms with Gasteiger partial charge in [-0.05, 0) is 37.6 Å². The van der Waals surface area contributed by atoms with Gasteiger partial charge in [0, 0.05) is 6.54 Å². The minimum Gasteiger partial charge on any atom is -0.486 e. The molecular formula is C11H14FNO. The summed E-state index contributed by atoms with van der Waals surface area (Å²) in [6.45, 7) is 3.63. The Bertz CT molecular complexity index is 321. The summed E-state index contributed by atoms with van der Waals surface area (Å²) < 4.78 is 18.9. The van der Waals surface area contributed by atoms with E-state index in [4.69, 9.17) is 4.74 Å². The molecule has 0 radical (unpaired) electrons. The molecule has 14 heavy (non-hydrogen) atoms. The van der Waals surface area contributed by atoms with Crippen molar-refractivity contribution in [2.45, 2.75) is 19.4 Å². The Morgan fingerprint density at radius 2 is 2.36 bits per heavy atom. The van der Waals surface area contributed by atoms with Crippen molar-refractivity contribution in [2.75, 3.05) is 13.1 Å². The number of nitrogens with one attached hydrogen (secondary N) is 1. The van der Waals surface area contributed by atoms with Crippen LogP contribution in [0.25, 0.3) is 0 Å². The van der Waals surface area contributed by atoms with Gasteiger partial charge in [-0.3, -0.25) is 0 Å². The predicted octanol–water partition coefficient (Wildman–Crippen LogP) is 1.87. The summed E-state index contributed by atoms with van der Waals surface area (Å²) in [5.41, 5.74) is 0.916. The molecule has 1 saturated heterocycles. The number of benzene rings is 1. The zero-order chi connectivity index (χ0) is 9.97. The first-order valence-electron chi connectivity index (χ1n) is 4.89. The van der Waals surface area contributed by atoms with E-state index in [-0.39, 0.29) is 11.9 Å². The van der Waals surface area contributed by atoms with Gasteiger partial charge in [-0.1, -0.05) is 6.07 Å². The highest BCUT2D eigenvalue weighted by molar-refractivity contribution is 5.28. The van der Waals surface area contributed by atoms with Gasteiger partial charge in [0.05, 0.1) is 0 Å². The summed E-state index contributed by atoms with van der Waals surface area (Å²) >= 11 is 0. The minimum absolute atomic E-state index is 0.118. The van der Waals surface area contributed by atoms with Crippen LogP contribution >= 0.6 is 0 Å². The van der Waals surface area contributed by atoms with Crippen molar-refractivity contribution >= 4 is 0 Å². The van der Waals surface area contributed by atoms with Gasteiger partial charge in [0.2, 0.25) is 0 Å². The maximum atomic E-state index is 13.4. The molecule has 0 spiro atoms. The summed E-state index contributed by atoms with van der Waals surface area (Å²) in [6, 6.07) is 5.06. The van der Waals surface area contributed by atoms with Crippen molar-refractivity contribution in [1.29, 1.82) is 0 Å². The summed E-state index contributed by atoms with van der Waals surface area (Å²) in [6.07, 6.45) is 1.07. The quantitative estimate of drug-likeness (QED) is 0.778. The molecule has 1 aromatic carbocycles. The van der Waals surface area contributed by atoms with Crippen molar-refractivity contribution < 1.29 is 9.13 Å². The number of ether oxygens (including phenoxy) is 1. The highest BCUT2D eigenvalue weighted by atomic mass is 19.1. The molecule has 2 nitrogen and oxygen atoms in total. The van der Waals surface area contributed by atoms with E-state index in [1.54, 1.807) is 6.07 Å². The molecule has 1 atom stereocenters. The maximum absolute atomic E-state index is 13.4. The fraction of sp³-hybridized carbons (Fsp3) is 0.455. The van der Waals surface area contributed by atoms with E-state index in [0.29, 0.717) is 5.75 Å². The van der Waals surface area contributed by atoms with Crippen LogP contribution in [0, 0.1) is 12.7 Å². The lowest BCUT2D eigenvalue weighted by Gasteiger charge is -2.13. The van der Waals surface area contributed by atoms with E-state index in [1.165, 1.54) is 6.07 Å². The largest absolute Gasteiger partial charge is 0.486 e. The molecule has 0 saturated carbocycles. The first-order valence-corrected chi connectivity index (χ1v) is 4.89. The second-order valence-corrected chi connectivity index (χ2v) is 3.67. The topological polar surface area (TPSA) is 21.3 Å². The molecule has 1 fully saturated rings. The molecule has 0 aliphatic carbocycles. The lowest BCUT2D eigenvalue weighted by atomic mass is 10.2. The second-order valence-electron chi connectivity index (χ2n) is 3.67. The number of hydrogen-bond acceptors (Lipinski definition) is 2. The van der Waals surface area contributed by atoms with Crippen molar-refractivity contribution in [3.63, 3.8) is 0 Å². The lowest BCUT2D eigenvalue weighted by Crippen LogP contribution is -2.20. The molecule has 1 N–H and O–H groups in total. The summed E-state index contributed by atoms with van der Waals surface area (Å²) in [7, 11) is 0. The SMILES string of the molecule is Cc1ccc(OC2CCNC2)c(F)c1. The Hall–Kier alpha value is -1.09. The fourth-order valence-electron chi connectivity index (χ4n) is 1.61. The molecule has 0 bridgehead atoms. The van der Waals surface area contributed by atoms with Crippen molar-refractivity contribution in [3.8, 4) is 5.75 Å². The molecule has 1 aromatic rings. The number of hydrogen-bond donors (Lipinski definition) is 1. The van der Waals surface area contributed by atoms with Crippen LogP contribution in [-0.4, -0.2) is 19.2 Å². The Morgan fingerprint density at radius 1 is 1.50 bits per heavy atom. The average Bonchev–Trinajstić information content (AvgIpc) is 2.62. The second kappa shape index (κ2) is 3.96. The third kappa shape index (κ3) is 2.04. The molecule has 1 aliphatic heterocycles. The first kappa shape index (κ1) is 9.46. The number of halogens is 1. The standard InChI is InChI=1S/C11H14FNO/c1-8-2-3-11(10(12)6-8)14-9-4-5-13-7-9/h2-3,6,9,13H,4-5,7H2,1H3. The van der Waals surface area contributed by atoms with Crippen molar-refractivity contribution in [1.82, 2.24) is 5.32 Å². The Kier molecular flexibility index (Phi) is 2.68. The molecule has 1 aliphatic rings. The van der Waals surface area contributed by atoms with E-state index in [2.05, 4.69) is 5.32 Å². The molecular weight excluding hydrogens is 181 g/mol. The van der Waals surface area contributed by atoms with Gasteiger partial charge < -0.3 is 10.1 Å². The zero-order valence-electron chi connectivity index (χ0n) is 8.22. The monoisotopic (exact) mass is 195 g/mol. The van der Waals surface area contributed by atoms with E-state index in [1.807, 2.05) is 13.0 Å². The average molecular weight is 195 g/mol. The highest BCUT2D eigenvalue weighted by Gasteiger charge is 2.17. The summed E-state index contributed by atoms with van der Waals surface area (Å²) in [4.78, 5) is 0. The highest BCUT2D eigenvalue weighted by Crippen LogP contribution is 2.20.